The first-order valence-corrected chi connectivity index (χ1v) is 6.86. The molecule has 2 heteroatoms. The number of rotatable bonds is 2. The van der Waals surface area contributed by atoms with E-state index in [0.717, 1.165) is 35.6 Å². The third-order valence-corrected chi connectivity index (χ3v) is 4.17. The fourth-order valence-electron chi connectivity index (χ4n) is 2.92. The second kappa shape index (κ2) is 4.27. The number of fused-ring (bicyclic) bond motifs is 1. The molecule has 0 radical (unpaired) electrons. The topological polar surface area (TPSA) is 22.0 Å². The van der Waals surface area contributed by atoms with Gasteiger partial charge >= 0.3 is 0 Å². The fraction of sp³-hybridized carbons (Fsp3) is 0.438. The maximum absolute atomic E-state index is 12.7. The van der Waals surface area contributed by atoms with Crippen molar-refractivity contribution in [3.05, 3.63) is 45.9 Å². The van der Waals surface area contributed by atoms with Gasteiger partial charge in [0.2, 0.25) is 0 Å². The van der Waals surface area contributed by atoms with Crippen molar-refractivity contribution < 1.29 is 0 Å². The van der Waals surface area contributed by atoms with Crippen LogP contribution in [0.5, 0.6) is 0 Å². The van der Waals surface area contributed by atoms with Gasteiger partial charge in [0, 0.05) is 11.7 Å². The SMILES string of the molecule is CCc1cc2cccc(C)c2c(=O)n1C1CCC1. The maximum Gasteiger partial charge on any atom is 0.259 e. The molecule has 94 valence electrons. The van der Waals surface area contributed by atoms with Crippen molar-refractivity contribution in [1.82, 2.24) is 4.57 Å². The van der Waals surface area contributed by atoms with E-state index in [1.165, 1.54) is 12.1 Å². The summed E-state index contributed by atoms with van der Waals surface area (Å²) in [7, 11) is 0. The molecule has 0 unspecified atom stereocenters. The molecule has 0 bridgehead atoms. The highest BCUT2D eigenvalue weighted by molar-refractivity contribution is 5.85. The second-order valence-electron chi connectivity index (χ2n) is 5.29. The predicted molar refractivity (Wildman–Crippen MR) is 75.2 cm³/mol. The van der Waals surface area contributed by atoms with Gasteiger partial charge in [0.25, 0.3) is 5.56 Å². The van der Waals surface area contributed by atoms with E-state index in [0.29, 0.717) is 6.04 Å². The summed E-state index contributed by atoms with van der Waals surface area (Å²) in [6.07, 6.45) is 4.50. The first kappa shape index (κ1) is 11.5. The molecule has 1 fully saturated rings. The summed E-state index contributed by atoms with van der Waals surface area (Å²) in [6.45, 7) is 4.16. The van der Waals surface area contributed by atoms with Crippen LogP contribution in [0.4, 0.5) is 0 Å². The van der Waals surface area contributed by atoms with Gasteiger partial charge < -0.3 is 4.57 Å². The number of aryl methyl sites for hydroxylation is 2. The molecule has 1 aromatic carbocycles. The zero-order valence-electron chi connectivity index (χ0n) is 11.1. The first-order valence-electron chi connectivity index (χ1n) is 6.86. The average Bonchev–Trinajstić information content (AvgIpc) is 2.30. The lowest BCUT2D eigenvalue weighted by Crippen LogP contribution is -2.31. The zero-order valence-corrected chi connectivity index (χ0v) is 11.1. The molecular weight excluding hydrogens is 222 g/mol. The van der Waals surface area contributed by atoms with E-state index in [1.54, 1.807) is 0 Å². The second-order valence-corrected chi connectivity index (χ2v) is 5.29. The number of pyridine rings is 1. The number of hydrogen-bond donors (Lipinski definition) is 0. The van der Waals surface area contributed by atoms with Gasteiger partial charge in [0.15, 0.2) is 0 Å². The Hall–Kier alpha value is -1.57. The van der Waals surface area contributed by atoms with E-state index in [9.17, 15) is 4.79 Å². The summed E-state index contributed by atoms with van der Waals surface area (Å²) in [6, 6.07) is 8.75. The molecule has 0 saturated heterocycles. The van der Waals surface area contributed by atoms with Crippen LogP contribution in [0.2, 0.25) is 0 Å². The van der Waals surface area contributed by atoms with Crippen molar-refractivity contribution in [2.45, 2.75) is 45.6 Å². The number of aromatic nitrogens is 1. The third-order valence-electron chi connectivity index (χ3n) is 4.17. The smallest absolute Gasteiger partial charge is 0.259 e. The molecule has 0 aliphatic heterocycles. The van der Waals surface area contributed by atoms with Gasteiger partial charge in [-0.05, 0) is 49.6 Å². The largest absolute Gasteiger partial charge is 0.309 e. The highest BCUT2D eigenvalue weighted by atomic mass is 16.1. The highest BCUT2D eigenvalue weighted by Crippen LogP contribution is 2.32. The normalized spacial score (nSPS) is 15.9. The van der Waals surface area contributed by atoms with E-state index >= 15 is 0 Å². The molecule has 0 spiro atoms. The van der Waals surface area contributed by atoms with Crippen molar-refractivity contribution in [2.24, 2.45) is 0 Å². The molecule has 1 saturated carbocycles. The quantitative estimate of drug-likeness (QED) is 0.787. The first-order chi connectivity index (χ1) is 8.72. The van der Waals surface area contributed by atoms with E-state index in [4.69, 9.17) is 0 Å². The molecule has 2 aromatic rings. The lowest BCUT2D eigenvalue weighted by Gasteiger charge is -2.30. The van der Waals surface area contributed by atoms with Gasteiger partial charge in [-0.15, -0.1) is 0 Å². The summed E-state index contributed by atoms with van der Waals surface area (Å²) < 4.78 is 2.05. The van der Waals surface area contributed by atoms with Gasteiger partial charge in [-0.25, -0.2) is 0 Å². The molecule has 1 aliphatic carbocycles. The summed E-state index contributed by atoms with van der Waals surface area (Å²) in [5.41, 5.74) is 2.49. The lowest BCUT2D eigenvalue weighted by molar-refractivity contribution is 0.301. The minimum absolute atomic E-state index is 0.215. The highest BCUT2D eigenvalue weighted by Gasteiger charge is 2.23. The van der Waals surface area contributed by atoms with Crippen molar-refractivity contribution in [3.8, 4) is 0 Å². The fourth-order valence-corrected chi connectivity index (χ4v) is 2.92. The Kier molecular flexibility index (Phi) is 2.73. The van der Waals surface area contributed by atoms with Gasteiger partial charge in [-0.2, -0.15) is 0 Å². The van der Waals surface area contributed by atoms with Crippen LogP contribution < -0.4 is 5.56 Å². The molecule has 3 rings (SSSR count). The lowest BCUT2D eigenvalue weighted by atomic mass is 9.91. The molecule has 0 atom stereocenters. The summed E-state index contributed by atoms with van der Waals surface area (Å²) in [4.78, 5) is 12.7. The summed E-state index contributed by atoms with van der Waals surface area (Å²) >= 11 is 0. The third kappa shape index (κ3) is 1.59. The van der Waals surface area contributed by atoms with Crippen LogP contribution in [0, 0.1) is 6.92 Å². The minimum Gasteiger partial charge on any atom is -0.309 e. The Bertz CT molecular complexity index is 650. The molecule has 0 N–H and O–H groups in total. The Morgan fingerprint density at radius 3 is 2.72 bits per heavy atom. The zero-order chi connectivity index (χ0) is 12.7. The molecule has 1 aliphatic rings. The Morgan fingerprint density at radius 1 is 1.33 bits per heavy atom. The molecule has 1 heterocycles. The predicted octanol–water partition coefficient (Wildman–Crippen LogP) is 3.60. The number of hydrogen-bond acceptors (Lipinski definition) is 1. The van der Waals surface area contributed by atoms with E-state index in [-0.39, 0.29) is 5.56 Å². The Balaban J connectivity index is 2.36. The summed E-state index contributed by atoms with van der Waals surface area (Å²) in [5.74, 6) is 0. The Morgan fingerprint density at radius 2 is 2.11 bits per heavy atom. The molecule has 1 aromatic heterocycles. The van der Waals surface area contributed by atoms with E-state index in [2.05, 4.69) is 17.6 Å². The average molecular weight is 241 g/mol. The van der Waals surface area contributed by atoms with Crippen LogP contribution in [-0.4, -0.2) is 4.57 Å². The van der Waals surface area contributed by atoms with Crippen molar-refractivity contribution in [3.63, 3.8) is 0 Å². The van der Waals surface area contributed by atoms with Crippen molar-refractivity contribution >= 4 is 10.8 Å². The van der Waals surface area contributed by atoms with Crippen LogP contribution in [0.3, 0.4) is 0 Å². The van der Waals surface area contributed by atoms with Crippen LogP contribution in [0.1, 0.15) is 43.5 Å². The van der Waals surface area contributed by atoms with Crippen LogP contribution in [-0.2, 0) is 6.42 Å². The molecule has 18 heavy (non-hydrogen) atoms. The standard InChI is InChI=1S/C16H19NO/c1-3-13-10-12-7-4-6-11(2)15(12)16(18)17(13)14-8-5-9-14/h4,6-7,10,14H,3,5,8-9H2,1-2H3. The minimum atomic E-state index is 0.215. The maximum atomic E-state index is 12.7. The number of benzene rings is 1. The summed E-state index contributed by atoms with van der Waals surface area (Å²) in [5, 5.41) is 1.99. The van der Waals surface area contributed by atoms with Crippen LogP contribution in [0.15, 0.2) is 29.1 Å². The van der Waals surface area contributed by atoms with Crippen LogP contribution >= 0.6 is 0 Å². The van der Waals surface area contributed by atoms with Gasteiger partial charge in [-0.3, -0.25) is 4.79 Å². The monoisotopic (exact) mass is 241 g/mol. The molecular formula is C16H19NO. The molecule has 0 amide bonds. The Labute approximate surface area is 107 Å². The van der Waals surface area contributed by atoms with E-state index in [1.807, 2.05) is 25.1 Å². The van der Waals surface area contributed by atoms with Gasteiger partial charge in [-0.1, -0.05) is 25.1 Å². The van der Waals surface area contributed by atoms with Gasteiger partial charge in [0.05, 0.1) is 5.39 Å². The van der Waals surface area contributed by atoms with Crippen molar-refractivity contribution in [2.75, 3.05) is 0 Å². The van der Waals surface area contributed by atoms with E-state index < -0.39 is 0 Å². The molecule has 2 nitrogen and oxygen atoms in total. The van der Waals surface area contributed by atoms with Gasteiger partial charge in [0.1, 0.15) is 0 Å². The number of nitrogens with zero attached hydrogens (tertiary/aromatic N) is 1. The van der Waals surface area contributed by atoms with Crippen LogP contribution in [0.25, 0.3) is 10.8 Å². The van der Waals surface area contributed by atoms with Crippen molar-refractivity contribution in [1.29, 1.82) is 0 Å².